The van der Waals surface area contributed by atoms with Gasteiger partial charge in [-0.3, -0.25) is 38.4 Å². The number of carboxylic acids is 2. The SMILES string of the molecule is CC(C)(COC(=O)CCC(=O)O)[C@@H](O[Si](C)(C)C(C)(C)C)C(=O)NCCC(=O)NCCSSCCNC(=O)CCNC(=O)[C@H](O[Si](C)(C)C(C)(C)C)C(C)(C)COC(=O)CCC(=O)O. The van der Waals surface area contributed by atoms with E-state index in [0.717, 1.165) is 0 Å². The van der Waals surface area contributed by atoms with E-state index in [-0.39, 0.29) is 86.7 Å². The molecule has 64 heavy (non-hydrogen) atoms. The van der Waals surface area contributed by atoms with E-state index < -0.39 is 75.4 Å². The molecule has 0 spiro atoms. The number of hydrogen-bond acceptors (Lipinski definition) is 14. The number of hydrogen-bond donors (Lipinski definition) is 6. The molecule has 0 saturated carbocycles. The van der Waals surface area contributed by atoms with Crippen LogP contribution in [0.1, 0.15) is 108 Å². The number of carbonyl (C=O) groups excluding carboxylic acids is 6. The van der Waals surface area contributed by atoms with Crippen LogP contribution in [0.15, 0.2) is 0 Å². The molecule has 0 aliphatic carbocycles. The Bertz CT molecular complexity index is 1470. The molecule has 0 aliphatic rings. The van der Waals surface area contributed by atoms with Crippen LogP contribution in [-0.2, 0) is 56.7 Å². The first-order valence-corrected chi connectivity index (χ1v) is 29.9. The monoisotopic (exact) mass is 982 g/mol. The Hall–Kier alpha value is -3.19. The third kappa shape index (κ3) is 24.4. The molecule has 0 aromatic carbocycles. The zero-order valence-electron chi connectivity index (χ0n) is 40.7. The predicted octanol–water partition coefficient (Wildman–Crippen LogP) is 5.26. The van der Waals surface area contributed by atoms with E-state index in [0.29, 0.717) is 24.6 Å². The summed E-state index contributed by atoms with van der Waals surface area (Å²) in [6.07, 6.45) is -3.25. The molecule has 0 rings (SSSR count). The molecule has 22 heteroatoms. The molecule has 0 aromatic rings. The van der Waals surface area contributed by atoms with Crippen LogP contribution in [0, 0.1) is 10.8 Å². The van der Waals surface area contributed by atoms with Crippen LogP contribution in [0.25, 0.3) is 0 Å². The minimum atomic E-state index is -2.49. The second kappa shape index (κ2) is 27.5. The zero-order valence-corrected chi connectivity index (χ0v) is 44.3. The summed E-state index contributed by atoms with van der Waals surface area (Å²) >= 11 is 0. The number of ether oxygens (including phenoxy) is 2. The normalized spacial score (nSPS) is 13.5. The van der Waals surface area contributed by atoms with E-state index in [4.69, 9.17) is 28.5 Å². The van der Waals surface area contributed by atoms with Gasteiger partial charge in [-0.1, -0.05) is 90.8 Å². The molecule has 6 N–H and O–H groups in total. The van der Waals surface area contributed by atoms with E-state index in [1.807, 2.05) is 67.7 Å². The largest absolute Gasteiger partial charge is 0.481 e. The highest BCUT2D eigenvalue weighted by atomic mass is 33.1. The van der Waals surface area contributed by atoms with Gasteiger partial charge in [0.2, 0.25) is 23.6 Å². The van der Waals surface area contributed by atoms with Gasteiger partial charge in [-0.05, 0) is 36.3 Å². The van der Waals surface area contributed by atoms with Gasteiger partial charge in [-0.2, -0.15) is 0 Å². The van der Waals surface area contributed by atoms with Crippen molar-refractivity contribution in [1.29, 1.82) is 0 Å². The van der Waals surface area contributed by atoms with E-state index in [1.54, 1.807) is 27.7 Å². The first kappa shape index (κ1) is 60.8. The molecular formula is C42H78N4O14S2Si2. The van der Waals surface area contributed by atoms with Gasteiger partial charge < -0.3 is 49.8 Å². The van der Waals surface area contributed by atoms with Gasteiger partial charge in [0.1, 0.15) is 12.2 Å². The summed E-state index contributed by atoms with van der Waals surface area (Å²) in [6, 6.07) is 0. The molecule has 370 valence electrons. The zero-order chi connectivity index (χ0) is 49.7. The van der Waals surface area contributed by atoms with Crippen molar-refractivity contribution in [3.8, 4) is 0 Å². The van der Waals surface area contributed by atoms with Crippen molar-refractivity contribution in [2.24, 2.45) is 10.8 Å². The van der Waals surface area contributed by atoms with Gasteiger partial charge in [0.05, 0.1) is 38.9 Å². The average Bonchev–Trinajstić information content (AvgIpc) is 3.15. The average molecular weight is 983 g/mol. The van der Waals surface area contributed by atoms with Crippen molar-refractivity contribution in [2.75, 3.05) is 50.9 Å². The molecule has 0 heterocycles. The molecule has 0 aliphatic heterocycles. The third-order valence-corrected chi connectivity index (χ3v) is 22.3. The molecule has 0 unspecified atom stereocenters. The smallest absolute Gasteiger partial charge is 0.306 e. The fourth-order valence-electron chi connectivity index (χ4n) is 4.87. The number of nitrogens with one attached hydrogen (secondary N) is 4. The summed E-state index contributed by atoms with van der Waals surface area (Å²) < 4.78 is 23.7. The number of carboxylic acid groups (broad SMARTS) is 2. The maximum absolute atomic E-state index is 13.5. The summed E-state index contributed by atoms with van der Waals surface area (Å²) in [5.74, 6) is -3.80. The highest BCUT2D eigenvalue weighted by molar-refractivity contribution is 8.76. The first-order valence-electron chi connectivity index (χ1n) is 21.6. The predicted molar refractivity (Wildman–Crippen MR) is 254 cm³/mol. The van der Waals surface area contributed by atoms with E-state index in [1.165, 1.54) is 21.6 Å². The lowest BCUT2D eigenvalue weighted by atomic mass is 9.87. The van der Waals surface area contributed by atoms with E-state index >= 15 is 0 Å². The van der Waals surface area contributed by atoms with Gasteiger partial charge in [0.25, 0.3) is 0 Å². The summed E-state index contributed by atoms with van der Waals surface area (Å²) in [5.41, 5.74) is -1.93. The number of amides is 4. The topological polar surface area (TPSA) is 262 Å². The molecule has 0 radical (unpaired) electrons. The Kier molecular flexibility index (Phi) is 26.1. The lowest BCUT2D eigenvalue weighted by Gasteiger charge is -2.43. The first-order chi connectivity index (χ1) is 29.1. The quantitative estimate of drug-likeness (QED) is 0.0224. The number of esters is 2. The fraction of sp³-hybridized carbons (Fsp3) is 0.810. The molecule has 18 nitrogen and oxygen atoms in total. The highest BCUT2D eigenvalue weighted by Crippen LogP contribution is 2.41. The van der Waals surface area contributed by atoms with Crippen LogP contribution < -0.4 is 21.3 Å². The molecular weight excluding hydrogens is 905 g/mol. The molecule has 2 atom stereocenters. The minimum Gasteiger partial charge on any atom is -0.481 e. The summed E-state index contributed by atoms with van der Waals surface area (Å²) in [7, 11) is -1.93. The Morgan fingerprint density at radius 3 is 1.08 bits per heavy atom. The summed E-state index contributed by atoms with van der Waals surface area (Å²) in [5, 5.41) is 28.5. The van der Waals surface area contributed by atoms with Gasteiger partial charge in [0, 0.05) is 61.4 Å². The number of carbonyl (C=O) groups is 8. The Labute approximate surface area is 390 Å². The van der Waals surface area contributed by atoms with Gasteiger partial charge in [-0.25, -0.2) is 0 Å². The fourth-order valence-corrected chi connectivity index (χ4v) is 9.42. The molecule has 0 aromatic heterocycles. The van der Waals surface area contributed by atoms with Crippen molar-refractivity contribution >= 4 is 85.7 Å². The van der Waals surface area contributed by atoms with Gasteiger partial charge in [0.15, 0.2) is 16.6 Å². The van der Waals surface area contributed by atoms with E-state index in [9.17, 15) is 38.4 Å². The van der Waals surface area contributed by atoms with Crippen LogP contribution in [0.5, 0.6) is 0 Å². The molecule has 0 bridgehead atoms. The molecule has 0 fully saturated rings. The van der Waals surface area contributed by atoms with Crippen molar-refractivity contribution in [3.05, 3.63) is 0 Å². The second-order valence-corrected chi connectivity index (χ2v) is 32.2. The van der Waals surface area contributed by atoms with Crippen LogP contribution in [0.3, 0.4) is 0 Å². The van der Waals surface area contributed by atoms with E-state index in [2.05, 4.69) is 21.3 Å². The van der Waals surface area contributed by atoms with Crippen molar-refractivity contribution < 1.29 is 66.9 Å². The molecule has 0 saturated heterocycles. The van der Waals surface area contributed by atoms with Crippen LogP contribution in [0.4, 0.5) is 0 Å². The minimum absolute atomic E-state index is 0.0289. The third-order valence-electron chi connectivity index (χ3n) is 11.0. The Morgan fingerprint density at radius 1 is 0.484 bits per heavy atom. The maximum atomic E-state index is 13.5. The number of rotatable bonds is 31. The number of aliphatic carboxylic acids is 2. The Balaban J connectivity index is 4.83. The van der Waals surface area contributed by atoms with Gasteiger partial charge in [-0.15, -0.1) is 0 Å². The van der Waals surface area contributed by atoms with Gasteiger partial charge >= 0.3 is 23.9 Å². The summed E-state index contributed by atoms with van der Waals surface area (Å²) in [4.78, 5) is 98.1. The molecule has 4 amide bonds. The van der Waals surface area contributed by atoms with Crippen molar-refractivity contribution in [1.82, 2.24) is 21.3 Å². The van der Waals surface area contributed by atoms with Crippen LogP contribution >= 0.6 is 21.6 Å². The standard InChI is InChI=1S/C42H78N4O14S2Si2/c1-39(2,3)63(11,12)59-35(41(7,8)27-57-33(53)17-15-31(49)50)37(55)45-21-19-29(47)43-23-25-61-62-26-24-44-30(48)20-22-46-38(56)36(60-64(13,14)40(4,5)6)42(9,10)28-58-34(54)18-16-32(51)52/h35-36H,15-28H2,1-14H3,(H,43,47)(H,44,48)(H,45,55)(H,46,56)(H,49,50)(H,51,52)/t35-,36-/m0/s1. The maximum Gasteiger partial charge on any atom is 0.306 e. The lowest BCUT2D eigenvalue weighted by Crippen LogP contribution is -2.55. The Morgan fingerprint density at radius 2 is 0.797 bits per heavy atom. The van der Waals surface area contributed by atoms with Crippen molar-refractivity contribution in [2.45, 2.75) is 156 Å². The highest BCUT2D eigenvalue weighted by Gasteiger charge is 2.47. The van der Waals surface area contributed by atoms with Crippen molar-refractivity contribution in [3.63, 3.8) is 0 Å². The lowest BCUT2D eigenvalue weighted by molar-refractivity contribution is -0.154. The van der Waals surface area contributed by atoms with Crippen LogP contribution in [-0.4, -0.2) is 137 Å². The second-order valence-electron chi connectivity index (χ2n) is 20.0. The summed E-state index contributed by atoms with van der Waals surface area (Å²) in [6.45, 7) is 27.7. The van der Waals surface area contributed by atoms with Crippen LogP contribution in [0.2, 0.25) is 36.3 Å².